The molecule has 1 atom stereocenters. The van der Waals surface area contributed by atoms with Gasteiger partial charge in [0.1, 0.15) is 23.4 Å². The van der Waals surface area contributed by atoms with E-state index in [4.69, 9.17) is 14.0 Å². The topological polar surface area (TPSA) is 64.8 Å². The van der Waals surface area contributed by atoms with Crippen molar-refractivity contribution in [2.45, 2.75) is 32.8 Å². The molecule has 1 aliphatic heterocycles. The highest BCUT2D eigenvalue weighted by atomic mass is 16.5. The largest absolute Gasteiger partial charge is 0.497 e. The maximum atomic E-state index is 11.8. The number of ether oxygens (including phenoxy) is 2. The fourth-order valence-electron chi connectivity index (χ4n) is 3.91. The molecule has 0 spiro atoms. The summed E-state index contributed by atoms with van der Waals surface area (Å²) in [5.41, 5.74) is 4.97. The zero-order chi connectivity index (χ0) is 20.4. The van der Waals surface area contributed by atoms with Crippen molar-refractivity contribution >= 4 is 12.1 Å². The van der Waals surface area contributed by atoms with E-state index in [1.807, 2.05) is 50.2 Å². The highest BCUT2D eigenvalue weighted by molar-refractivity contribution is 5.80. The van der Waals surface area contributed by atoms with Crippen molar-refractivity contribution in [3.63, 3.8) is 0 Å². The maximum absolute atomic E-state index is 11.8. The highest BCUT2D eigenvalue weighted by Crippen LogP contribution is 2.34. The molecule has 0 saturated heterocycles. The molecule has 1 amide bonds. The van der Waals surface area contributed by atoms with Crippen LogP contribution in [0.2, 0.25) is 0 Å². The second kappa shape index (κ2) is 7.99. The van der Waals surface area contributed by atoms with E-state index in [-0.39, 0.29) is 6.10 Å². The number of carbonyl (C=O) groups is 1. The van der Waals surface area contributed by atoms with Crippen LogP contribution >= 0.6 is 0 Å². The van der Waals surface area contributed by atoms with Gasteiger partial charge in [-0.15, -0.1) is 0 Å². The number of carbonyl (C=O) groups excluding carboxylic acids is 1. The Morgan fingerprint density at radius 2 is 2.00 bits per heavy atom. The van der Waals surface area contributed by atoms with Gasteiger partial charge in [-0.25, -0.2) is 0 Å². The summed E-state index contributed by atoms with van der Waals surface area (Å²) in [6.45, 7) is 4.35. The monoisotopic (exact) mass is 392 g/mol. The molecule has 6 heteroatoms. The summed E-state index contributed by atoms with van der Waals surface area (Å²) in [5.74, 6) is 2.28. The number of rotatable bonds is 5. The van der Waals surface area contributed by atoms with Crippen molar-refractivity contribution in [3.05, 3.63) is 59.5 Å². The summed E-state index contributed by atoms with van der Waals surface area (Å²) in [5, 5.41) is 4.06. The van der Waals surface area contributed by atoms with E-state index in [9.17, 15) is 4.79 Å². The van der Waals surface area contributed by atoms with Gasteiger partial charge in [0.15, 0.2) is 0 Å². The SMILES string of the molecule is COc1cccc(O[C@H]2CCc3cc(-c4c(C)noc4C)ccc3N(C=O)C2)c1. The van der Waals surface area contributed by atoms with Crippen LogP contribution in [0.3, 0.4) is 0 Å². The van der Waals surface area contributed by atoms with E-state index >= 15 is 0 Å². The van der Waals surface area contributed by atoms with Crippen molar-refractivity contribution in [1.82, 2.24) is 5.16 Å². The minimum atomic E-state index is -0.109. The van der Waals surface area contributed by atoms with Crippen molar-refractivity contribution in [1.29, 1.82) is 0 Å². The van der Waals surface area contributed by atoms with E-state index in [0.717, 1.165) is 64.6 Å². The summed E-state index contributed by atoms with van der Waals surface area (Å²) in [6.07, 6.45) is 2.38. The van der Waals surface area contributed by atoms with Crippen LogP contribution in [-0.4, -0.2) is 31.3 Å². The predicted molar refractivity (Wildman–Crippen MR) is 111 cm³/mol. The van der Waals surface area contributed by atoms with Crippen LogP contribution in [0, 0.1) is 13.8 Å². The first-order valence-electron chi connectivity index (χ1n) is 9.68. The molecule has 1 aliphatic rings. The second-order valence-corrected chi connectivity index (χ2v) is 7.26. The summed E-state index contributed by atoms with van der Waals surface area (Å²) in [7, 11) is 1.63. The summed E-state index contributed by atoms with van der Waals surface area (Å²) < 4.78 is 16.8. The molecule has 29 heavy (non-hydrogen) atoms. The van der Waals surface area contributed by atoms with Crippen LogP contribution in [0.5, 0.6) is 11.5 Å². The number of benzene rings is 2. The Kier molecular flexibility index (Phi) is 5.25. The molecule has 150 valence electrons. The number of amides is 1. The van der Waals surface area contributed by atoms with Gasteiger partial charge in [0.05, 0.1) is 19.3 Å². The van der Waals surface area contributed by atoms with E-state index in [1.54, 1.807) is 12.0 Å². The molecule has 0 radical (unpaired) electrons. The van der Waals surface area contributed by atoms with Gasteiger partial charge in [-0.3, -0.25) is 4.79 Å². The molecule has 0 bridgehead atoms. The van der Waals surface area contributed by atoms with Crippen LogP contribution in [0.1, 0.15) is 23.4 Å². The van der Waals surface area contributed by atoms with Crippen molar-refractivity contribution in [2.24, 2.45) is 0 Å². The Balaban J connectivity index is 1.60. The molecule has 0 fully saturated rings. The Morgan fingerprint density at radius 1 is 1.17 bits per heavy atom. The quantitative estimate of drug-likeness (QED) is 0.605. The molecule has 4 rings (SSSR count). The summed E-state index contributed by atoms with van der Waals surface area (Å²) >= 11 is 0. The van der Waals surface area contributed by atoms with Gasteiger partial charge in [-0.05, 0) is 62.1 Å². The first-order chi connectivity index (χ1) is 14.1. The van der Waals surface area contributed by atoms with Gasteiger partial charge in [0.25, 0.3) is 0 Å². The van der Waals surface area contributed by atoms with E-state index in [1.165, 1.54) is 0 Å². The minimum absolute atomic E-state index is 0.109. The minimum Gasteiger partial charge on any atom is -0.497 e. The lowest BCUT2D eigenvalue weighted by molar-refractivity contribution is -0.107. The average molecular weight is 392 g/mol. The van der Waals surface area contributed by atoms with E-state index < -0.39 is 0 Å². The standard InChI is InChI=1S/C23H24N2O4/c1-15-23(16(2)29-24-15)18-8-10-22-17(11-18)7-9-21(13-25(22)14-26)28-20-6-4-5-19(12-20)27-3/h4-6,8,10-12,14,21H,7,9,13H2,1-3H3/t21-/m0/s1. The van der Waals surface area contributed by atoms with Crippen molar-refractivity contribution in [2.75, 3.05) is 18.6 Å². The molecule has 2 aromatic carbocycles. The molecule has 0 N–H and O–H groups in total. The van der Waals surface area contributed by atoms with E-state index in [0.29, 0.717) is 6.54 Å². The molecule has 6 nitrogen and oxygen atoms in total. The maximum Gasteiger partial charge on any atom is 0.214 e. The predicted octanol–water partition coefficient (Wildman–Crippen LogP) is 4.32. The zero-order valence-electron chi connectivity index (χ0n) is 16.8. The lowest BCUT2D eigenvalue weighted by atomic mass is 9.98. The van der Waals surface area contributed by atoms with Crippen LogP contribution in [-0.2, 0) is 11.2 Å². The van der Waals surface area contributed by atoms with Crippen molar-refractivity contribution < 1.29 is 18.8 Å². The van der Waals surface area contributed by atoms with E-state index in [2.05, 4.69) is 11.2 Å². The Bertz CT molecular complexity index is 1010. The molecule has 2 heterocycles. The number of aryl methyl sites for hydroxylation is 3. The molecular weight excluding hydrogens is 368 g/mol. The Labute approximate surface area is 170 Å². The lowest BCUT2D eigenvalue weighted by Crippen LogP contribution is -2.33. The third-order valence-corrected chi connectivity index (χ3v) is 5.32. The van der Waals surface area contributed by atoms with Crippen LogP contribution in [0.4, 0.5) is 5.69 Å². The number of nitrogens with zero attached hydrogens (tertiary/aromatic N) is 2. The summed E-state index contributed by atoms with van der Waals surface area (Å²) in [6, 6.07) is 13.7. The number of methoxy groups -OCH3 is 1. The fourth-order valence-corrected chi connectivity index (χ4v) is 3.91. The van der Waals surface area contributed by atoms with Gasteiger partial charge in [0, 0.05) is 17.3 Å². The first kappa shape index (κ1) is 19.1. The molecule has 3 aromatic rings. The van der Waals surface area contributed by atoms with Gasteiger partial charge >= 0.3 is 0 Å². The smallest absolute Gasteiger partial charge is 0.214 e. The first-order valence-corrected chi connectivity index (χ1v) is 9.68. The van der Waals surface area contributed by atoms with Gasteiger partial charge < -0.3 is 18.9 Å². The lowest BCUT2D eigenvalue weighted by Gasteiger charge is -2.23. The Morgan fingerprint density at radius 3 is 2.72 bits per heavy atom. The molecular formula is C23H24N2O4. The van der Waals surface area contributed by atoms with Crippen LogP contribution in [0.15, 0.2) is 47.0 Å². The Hall–Kier alpha value is -3.28. The third-order valence-electron chi connectivity index (χ3n) is 5.32. The summed E-state index contributed by atoms with van der Waals surface area (Å²) in [4.78, 5) is 13.5. The van der Waals surface area contributed by atoms with Gasteiger partial charge in [0.2, 0.25) is 6.41 Å². The second-order valence-electron chi connectivity index (χ2n) is 7.26. The molecule has 0 saturated carbocycles. The van der Waals surface area contributed by atoms with Gasteiger partial charge in [-0.1, -0.05) is 17.3 Å². The zero-order valence-corrected chi connectivity index (χ0v) is 16.8. The molecule has 1 aromatic heterocycles. The number of fused-ring (bicyclic) bond motifs is 1. The number of hydrogen-bond donors (Lipinski definition) is 0. The van der Waals surface area contributed by atoms with Gasteiger partial charge in [-0.2, -0.15) is 0 Å². The normalized spacial score (nSPS) is 16.1. The average Bonchev–Trinajstić information content (AvgIpc) is 2.97. The number of anilines is 1. The van der Waals surface area contributed by atoms with Crippen molar-refractivity contribution in [3.8, 4) is 22.6 Å². The van der Waals surface area contributed by atoms with Crippen LogP contribution in [0.25, 0.3) is 11.1 Å². The number of aromatic nitrogens is 1. The molecule has 0 aliphatic carbocycles. The fraction of sp³-hybridized carbons (Fsp3) is 0.304. The third kappa shape index (κ3) is 3.83. The molecule has 0 unspecified atom stereocenters. The van der Waals surface area contributed by atoms with Crippen LogP contribution < -0.4 is 14.4 Å². The highest BCUT2D eigenvalue weighted by Gasteiger charge is 2.24. The number of hydrogen-bond acceptors (Lipinski definition) is 5.